The molecule has 1 amide bonds. The van der Waals surface area contributed by atoms with Gasteiger partial charge >= 0.3 is 0 Å². The first-order valence-corrected chi connectivity index (χ1v) is 9.28. The van der Waals surface area contributed by atoms with Crippen LogP contribution in [0.3, 0.4) is 0 Å². The summed E-state index contributed by atoms with van der Waals surface area (Å²) in [5.41, 5.74) is 2.26. The molecule has 1 saturated heterocycles. The van der Waals surface area contributed by atoms with E-state index >= 15 is 0 Å². The molecule has 0 saturated carbocycles. The monoisotopic (exact) mass is 345 g/mol. The van der Waals surface area contributed by atoms with Gasteiger partial charge in [0.25, 0.3) is 5.91 Å². The summed E-state index contributed by atoms with van der Waals surface area (Å²) in [5, 5.41) is 5.09. The number of carbonyl (C=O) groups is 1. The van der Waals surface area contributed by atoms with Gasteiger partial charge in [-0.05, 0) is 56.2 Å². The smallest absolute Gasteiger partial charge is 0.254 e. The Hall–Kier alpha value is -2.25. The number of aryl methyl sites for hydroxylation is 1. The van der Waals surface area contributed by atoms with Crippen molar-refractivity contribution in [1.82, 2.24) is 9.88 Å². The lowest BCUT2D eigenvalue weighted by Gasteiger charge is -2.24. The SMILES string of the molecule is Cc1cccc([C@H]2CCCN2C(=O)c2ccc(S(N)(=O)=O)cc2)n1. The van der Waals surface area contributed by atoms with Gasteiger partial charge in [-0.25, -0.2) is 13.6 Å². The molecule has 1 fully saturated rings. The van der Waals surface area contributed by atoms with Crippen LogP contribution in [0.15, 0.2) is 47.4 Å². The lowest BCUT2D eigenvalue weighted by molar-refractivity contribution is 0.0732. The maximum absolute atomic E-state index is 12.8. The Bertz CT molecular complexity index is 863. The van der Waals surface area contributed by atoms with Crippen LogP contribution in [0.5, 0.6) is 0 Å². The molecule has 0 aliphatic carbocycles. The highest BCUT2D eigenvalue weighted by atomic mass is 32.2. The number of pyridine rings is 1. The molecule has 7 heteroatoms. The lowest BCUT2D eigenvalue weighted by Crippen LogP contribution is -2.31. The molecule has 1 aromatic heterocycles. The molecule has 1 atom stereocenters. The minimum atomic E-state index is -3.76. The molecule has 0 spiro atoms. The van der Waals surface area contributed by atoms with Crippen LogP contribution >= 0.6 is 0 Å². The highest BCUT2D eigenvalue weighted by molar-refractivity contribution is 7.89. The van der Waals surface area contributed by atoms with Gasteiger partial charge in [-0.15, -0.1) is 0 Å². The van der Waals surface area contributed by atoms with Gasteiger partial charge in [-0.2, -0.15) is 0 Å². The Labute approximate surface area is 141 Å². The van der Waals surface area contributed by atoms with Crippen molar-refractivity contribution >= 4 is 15.9 Å². The van der Waals surface area contributed by atoms with Crippen molar-refractivity contribution in [2.75, 3.05) is 6.54 Å². The number of aromatic nitrogens is 1. The van der Waals surface area contributed by atoms with Gasteiger partial charge in [0.2, 0.25) is 10.0 Å². The summed E-state index contributed by atoms with van der Waals surface area (Å²) < 4.78 is 22.6. The molecule has 0 bridgehead atoms. The van der Waals surface area contributed by atoms with E-state index < -0.39 is 10.0 Å². The third kappa shape index (κ3) is 3.32. The summed E-state index contributed by atoms with van der Waals surface area (Å²) in [6.07, 6.45) is 1.79. The van der Waals surface area contributed by atoms with Gasteiger partial charge < -0.3 is 4.90 Å². The average Bonchev–Trinajstić information content (AvgIpc) is 3.03. The normalized spacial score (nSPS) is 17.9. The molecule has 1 aliphatic heterocycles. The van der Waals surface area contributed by atoms with Crippen LogP contribution in [0.1, 0.15) is 40.6 Å². The first-order valence-electron chi connectivity index (χ1n) is 7.73. The fourth-order valence-corrected chi connectivity index (χ4v) is 3.54. The van der Waals surface area contributed by atoms with Gasteiger partial charge in [-0.3, -0.25) is 9.78 Å². The predicted octanol–water partition coefficient (Wildman–Crippen LogP) is 2.01. The molecule has 0 unspecified atom stereocenters. The molecule has 2 N–H and O–H groups in total. The number of hydrogen-bond donors (Lipinski definition) is 1. The van der Waals surface area contributed by atoms with E-state index in [0.29, 0.717) is 12.1 Å². The Kier molecular flexibility index (Phi) is 4.38. The zero-order valence-electron chi connectivity index (χ0n) is 13.3. The molecule has 3 rings (SSSR count). The van der Waals surface area contributed by atoms with Crippen molar-refractivity contribution in [3.8, 4) is 0 Å². The number of amides is 1. The van der Waals surface area contributed by atoms with E-state index in [0.717, 1.165) is 24.2 Å². The van der Waals surface area contributed by atoms with Crippen molar-refractivity contribution in [3.63, 3.8) is 0 Å². The molecular weight excluding hydrogens is 326 g/mol. The van der Waals surface area contributed by atoms with Gasteiger partial charge in [0, 0.05) is 17.8 Å². The van der Waals surface area contributed by atoms with Gasteiger partial charge in [0.05, 0.1) is 16.6 Å². The van der Waals surface area contributed by atoms with E-state index in [4.69, 9.17) is 5.14 Å². The summed E-state index contributed by atoms with van der Waals surface area (Å²) in [7, 11) is -3.76. The van der Waals surface area contributed by atoms with Crippen molar-refractivity contribution in [2.45, 2.75) is 30.7 Å². The zero-order valence-corrected chi connectivity index (χ0v) is 14.2. The van der Waals surface area contributed by atoms with Crippen LogP contribution in [0.25, 0.3) is 0 Å². The lowest BCUT2D eigenvalue weighted by atomic mass is 10.1. The Balaban J connectivity index is 1.86. The molecule has 2 aromatic rings. The van der Waals surface area contributed by atoms with Crippen LogP contribution in [-0.2, 0) is 10.0 Å². The molecule has 1 aliphatic rings. The fraction of sp³-hybridized carbons (Fsp3) is 0.294. The Morgan fingerprint density at radius 1 is 1.21 bits per heavy atom. The molecule has 2 heterocycles. The summed E-state index contributed by atoms with van der Waals surface area (Å²) in [4.78, 5) is 19.1. The minimum absolute atomic E-state index is 0.00243. The number of rotatable bonds is 3. The van der Waals surface area contributed by atoms with Crippen molar-refractivity contribution in [1.29, 1.82) is 0 Å². The van der Waals surface area contributed by atoms with Crippen LogP contribution in [-0.4, -0.2) is 30.8 Å². The quantitative estimate of drug-likeness (QED) is 0.921. The van der Waals surface area contributed by atoms with Crippen molar-refractivity contribution in [3.05, 3.63) is 59.4 Å². The zero-order chi connectivity index (χ0) is 17.3. The Morgan fingerprint density at radius 2 is 1.92 bits per heavy atom. The van der Waals surface area contributed by atoms with E-state index in [1.807, 2.05) is 25.1 Å². The second-order valence-electron chi connectivity index (χ2n) is 5.93. The standard InChI is InChI=1S/C17H19N3O3S/c1-12-4-2-5-15(19-12)16-6-3-11-20(16)17(21)13-7-9-14(10-8-13)24(18,22)23/h2,4-5,7-10,16H,3,6,11H2,1H3,(H2,18,22,23)/t16-/m1/s1. The summed E-state index contributed by atoms with van der Waals surface area (Å²) >= 11 is 0. The molecule has 24 heavy (non-hydrogen) atoms. The summed E-state index contributed by atoms with van der Waals surface area (Å²) in [6.45, 7) is 2.59. The predicted molar refractivity (Wildman–Crippen MR) is 89.8 cm³/mol. The maximum Gasteiger partial charge on any atom is 0.254 e. The van der Waals surface area contributed by atoms with Gasteiger partial charge in [0.1, 0.15) is 0 Å². The second-order valence-corrected chi connectivity index (χ2v) is 7.49. The number of hydrogen-bond acceptors (Lipinski definition) is 4. The van der Waals surface area contributed by atoms with Crippen LogP contribution in [0, 0.1) is 6.92 Å². The van der Waals surface area contributed by atoms with E-state index in [1.165, 1.54) is 24.3 Å². The average molecular weight is 345 g/mol. The molecule has 1 aromatic carbocycles. The Morgan fingerprint density at radius 3 is 2.54 bits per heavy atom. The number of benzene rings is 1. The number of nitrogens with two attached hydrogens (primary N) is 1. The number of nitrogens with zero attached hydrogens (tertiary/aromatic N) is 2. The van der Waals surface area contributed by atoms with E-state index in [9.17, 15) is 13.2 Å². The summed E-state index contributed by atoms with van der Waals surface area (Å²) in [6, 6.07) is 11.5. The highest BCUT2D eigenvalue weighted by Crippen LogP contribution is 2.32. The van der Waals surface area contributed by atoms with Gasteiger partial charge in [0.15, 0.2) is 0 Å². The topological polar surface area (TPSA) is 93.4 Å². The van der Waals surface area contributed by atoms with Crippen LogP contribution in [0.2, 0.25) is 0 Å². The first kappa shape index (κ1) is 16.6. The summed E-state index contributed by atoms with van der Waals surface area (Å²) in [5.74, 6) is -0.123. The molecular formula is C17H19N3O3S. The number of primary sulfonamides is 1. The number of carbonyl (C=O) groups excluding carboxylic acids is 1. The minimum Gasteiger partial charge on any atom is -0.330 e. The third-order valence-corrected chi connectivity index (χ3v) is 5.12. The highest BCUT2D eigenvalue weighted by Gasteiger charge is 2.31. The van der Waals surface area contributed by atoms with Crippen molar-refractivity contribution in [2.24, 2.45) is 5.14 Å². The van der Waals surface area contributed by atoms with E-state index in [-0.39, 0.29) is 16.8 Å². The maximum atomic E-state index is 12.8. The molecule has 0 radical (unpaired) electrons. The molecule has 6 nitrogen and oxygen atoms in total. The fourth-order valence-electron chi connectivity index (χ4n) is 3.02. The van der Waals surface area contributed by atoms with Gasteiger partial charge in [-0.1, -0.05) is 6.07 Å². The number of sulfonamides is 1. The molecule has 126 valence electrons. The van der Waals surface area contributed by atoms with Crippen molar-refractivity contribution < 1.29 is 13.2 Å². The third-order valence-electron chi connectivity index (χ3n) is 4.19. The number of likely N-dealkylation sites (tertiary alicyclic amines) is 1. The van der Waals surface area contributed by atoms with E-state index in [1.54, 1.807) is 4.90 Å². The van der Waals surface area contributed by atoms with Crippen LogP contribution < -0.4 is 5.14 Å². The van der Waals surface area contributed by atoms with E-state index in [2.05, 4.69) is 4.98 Å². The second kappa shape index (κ2) is 6.33. The first-order chi connectivity index (χ1) is 11.4. The largest absolute Gasteiger partial charge is 0.330 e. The van der Waals surface area contributed by atoms with Crippen LogP contribution in [0.4, 0.5) is 0 Å².